The van der Waals surface area contributed by atoms with Crippen molar-refractivity contribution in [3.63, 3.8) is 0 Å². The molecule has 0 spiro atoms. The molecule has 0 radical (unpaired) electrons. The van der Waals surface area contributed by atoms with E-state index in [1.54, 1.807) is 7.11 Å². The highest BCUT2D eigenvalue weighted by molar-refractivity contribution is 7.99. The third-order valence-electron chi connectivity index (χ3n) is 3.61. The van der Waals surface area contributed by atoms with Gasteiger partial charge in [-0.25, -0.2) is 0 Å². The third-order valence-corrected chi connectivity index (χ3v) is 4.69. The van der Waals surface area contributed by atoms with Gasteiger partial charge in [-0.05, 0) is 50.2 Å². The highest BCUT2D eigenvalue weighted by atomic mass is 32.2. The van der Waals surface area contributed by atoms with Crippen LogP contribution >= 0.6 is 11.8 Å². The Morgan fingerprint density at radius 3 is 2.62 bits per heavy atom. The van der Waals surface area contributed by atoms with Crippen molar-refractivity contribution in [2.24, 2.45) is 0 Å². The van der Waals surface area contributed by atoms with Crippen LogP contribution in [-0.2, 0) is 0 Å². The van der Waals surface area contributed by atoms with E-state index >= 15 is 0 Å². The van der Waals surface area contributed by atoms with E-state index in [2.05, 4.69) is 49.5 Å². The first-order chi connectivity index (χ1) is 10.1. The van der Waals surface area contributed by atoms with Crippen molar-refractivity contribution in [1.82, 2.24) is 5.32 Å². The Labute approximate surface area is 131 Å². The summed E-state index contributed by atoms with van der Waals surface area (Å²) < 4.78 is 5.28. The molecule has 0 bridgehead atoms. The minimum atomic E-state index is 0.349. The van der Waals surface area contributed by atoms with Gasteiger partial charge in [0.2, 0.25) is 0 Å². The fourth-order valence-corrected chi connectivity index (χ4v) is 3.50. The van der Waals surface area contributed by atoms with Crippen LogP contribution in [0.2, 0.25) is 0 Å². The van der Waals surface area contributed by atoms with Crippen molar-refractivity contribution in [2.75, 3.05) is 19.9 Å². The van der Waals surface area contributed by atoms with E-state index in [9.17, 15) is 0 Å². The molecule has 0 aliphatic carbocycles. The molecule has 3 heteroatoms. The van der Waals surface area contributed by atoms with Crippen LogP contribution in [0.5, 0.6) is 5.75 Å². The molecule has 0 saturated carbocycles. The predicted molar refractivity (Wildman–Crippen MR) is 91.4 cm³/mol. The zero-order valence-electron chi connectivity index (χ0n) is 13.1. The van der Waals surface area contributed by atoms with E-state index in [0.717, 1.165) is 11.5 Å². The average molecular weight is 301 g/mol. The molecule has 21 heavy (non-hydrogen) atoms. The SMILES string of the molecule is CNC(CSc1cccc(OC)c1)c1ccc(C)cc1C. The maximum Gasteiger partial charge on any atom is 0.119 e. The van der Waals surface area contributed by atoms with Gasteiger partial charge in [0.15, 0.2) is 0 Å². The van der Waals surface area contributed by atoms with Crippen molar-refractivity contribution in [3.05, 3.63) is 59.2 Å². The van der Waals surface area contributed by atoms with Gasteiger partial charge in [-0.15, -0.1) is 11.8 Å². The summed E-state index contributed by atoms with van der Waals surface area (Å²) in [6.07, 6.45) is 0. The van der Waals surface area contributed by atoms with Crippen LogP contribution in [0.3, 0.4) is 0 Å². The van der Waals surface area contributed by atoms with Gasteiger partial charge in [-0.3, -0.25) is 0 Å². The Morgan fingerprint density at radius 1 is 1.14 bits per heavy atom. The summed E-state index contributed by atoms with van der Waals surface area (Å²) in [5, 5.41) is 3.43. The molecular weight excluding hydrogens is 278 g/mol. The highest BCUT2D eigenvalue weighted by Gasteiger charge is 2.12. The smallest absolute Gasteiger partial charge is 0.119 e. The third kappa shape index (κ3) is 4.26. The Balaban J connectivity index is 2.08. The molecule has 0 saturated heterocycles. The first-order valence-corrected chi connectivity index (χ1v) is 8.14. The van der Waals surface area contributed by atoms with Crippen molar-refractivity contribution >= 4 is 11.8 Å². The lowest BCUT2D eigenvalue weighted by molar-refractivity contribution is 0.413. The summed E-state index contributed by atoms with van der Waals surface area (Å²) in [6.45, 7) is 4.32. The second kappa shape index (κ2) is 7.53. The normalized spacial score (nSPS) is 12.2. The van der Waals surface area contributed by atoms with Gasteiger partial charge in [0, 0.05) is 16.7 Å². The Kier molecular flexibility index (Phi) is 5.71. The molecule has 2 aromatic rings. The van der Waals surface area contributed by atoms with Crippen LogP contribution in [0.4, 0.5) is 0 Å². The molecule has 2 rings (SSSR count). The number of thioether (sulfide) groups is 1. The molecule has 0 aliphatic rings. The van der Waals surface area contributed by atoms with E-state index in [1.807, 2.05) is 30.9 Å². The van der Waals surface area contributed by atoms with E-state index < -0.39 is 0 Å². The van der Waals surface area contributed by atoms with Crippen LogP contribution in [-0.4, -0.2) is 19.9 Å². The largest absolute Gasteiger partial charge is 0.497 e. The number of hydrogen-bond donors (Lipinski definition) is 1. The molecule has 112 valence electrons. The highest BCUT2D eigenvalue weighted by Crippen LogP contribution is 2.28. The Bertz CT molecular complexity index is 598. The molecule has 0 amide bonds. The number of aryl methyl sites for hydroxylation is 2. The van der Waals surface area contributed by atoms with Gasteiger partial charge in [-0.1, -0.05) is 29.8 Å². The number of benzene rings is 2. The molecule has 0 aliphatic heterocycles. The summed E-state index contributed by atoms with van der Waals surface area (Å²) >= 11 is 1.85. The van der Waals surface area contributed by atoms with Crippen LogP contribution in [0.25, 0.3) is 0 Å². The van der Waals surface area contributed by atoms with E-state index in [-0.39, 0.29) is 0 Å². The summed E-state index contributed by atoms with van der Waals surface area (Å²) in [5.74, 6) is 1.90. The maximum atomic E-state index is 5.28. The second-order valence-corrected chi connectivity index (χ2v) is 6.28. The summed E-state index contributed by atoms with van der Waals surface area (Å²) in [7, 11) is 3.73. The minimum absolute atomic E-state index is 0.349. The van der Waals surface area contributed by atoms with Gasteiger partial charge in [0.05, 0.1) is 7.11 Å². The lowest BCUT2D eigenvalue weighted by Crippen LogP contribution is -2.19. The number of hydrogen-bond acceptors (Lipinski definition) is 3. The van der Waals surface area contributed by atoms with Gasteiger partial charge in [0.25, 0.3) is 0 Å². The molecule has 0 aromatic heterocycles. The average Bonchev–Trinajstić information content (AvgIpc) is 2.49. The van der Waals surface area contributed by atoms with Gasteiger partial charge in [-0.2, -0.15) is 0 Å². The maximum absolute atomic E-state index is 5.28. The van der Waals surface area contributed by atoms with Gasteiger partial charge in [0.1, 0.15) is 5.75 Å². The number of methoxy groups -OCH3 is 1. The van der Waals surface area contributed by atoms with E-state index in [4.69, 9.17) is 4.74 Å². The minimum Gasteiger partial charge on any atom is -0.497 e. The molecular formula is C18H23NOS. The topological polar surface area (TPSA) is 21.3 Å². The molecule has 1 atom stereocenters. The van der Waals surface area contributed by atoms with Gasteiger partial charge >= 0.3 is 0 Å². The zero-order valence-corrected chi connectivity index (χ0v) is 14.0. The molecule has 1 unspecified atom stereocenters. The fraction of sp³-hybridized carbons (Fsp3) is 0.333. The van der Waals surface area contributed by atoms with Crippen molar-refractivity contribution in [1.29, 1.82) is 0 Å². The van der Waals surface area contributed by atoms with Crippen LogP contribution in [0.1, 0.15) is 22.7 Å². The number of nitrogens with one attached hydrogen (secondary N) is 1. The quantitative estimate of drug-likeness (QED) is 0.801. The standard InChI is InChI=1S/C18H23NOS/c1-13-8-9-17(14(2)10-13)18(19-3)12-21-16-7-5-6-15(11-16)20-4/h5-11,18-19H,12H2,1-4H3. The van der Waals surface area contributed by atoms with E-state index in [1.165, 1.54) is 21.6 Å². The monoisotopic (exact) mass is 301 g/mol. The fourth-order valence-electron chi connectivity index (χ4n) is 2.42. The van der Waals surface area contributed by atoms with Crippen LogP contribution in [0.15, 0.2) is 47.4 Å². The van der Waals surface area contributed by atoms with Gasteiger partial charge < -0.3 is 10.1 Å². The van der Waals surface area contributed by atoms with Crippen molar-refractivity contribution in [2.45, 2.75) is 24.8 Å². The summed E-state index contributed by atoms with van der Waals surface area (Å²) in [6, 6.07) is 15.2. The number of ether oxygens (including phenoxy) is 1. The first-order valence-electron chi connectivity index (χ1n) is 7.15. The Morgan fingerprint density at radius 2 is 1.95 bits per heavy atom. The molecule has 1 N–H and O–H groups in total. The first kappa shape index (κ1) is 15.9. The van der Waals surface area contributed by atoms with Crippen LogP contribution < -0.4 is 10.1 Å². The lowest BCUT2D eigenvalue weighted by atomic mass is 10.0. The molecule has 0 heterocycles. The van der Waals surface area contributed by atoms with E-state index in [0.29, 0.717) is 6.04 Å². The molecule has 0 fully saturated rings. The van der Waals surface area contributed by atoms with Crippen molar-refractivity contribution in [3.8, 4) is 5.75 Å². The van der Waals surface area contributed by atoms with Crippen molar-refractivity contribution < 1.29 is 4.74 Å². The molecule has 2 nitrogen and oxygen atoms in total. The zero-order chi connectivity index (χ0) is 15.2. The number of rotatable bonds is 6. The van der Waals surface area contributed by atoms with Crippen LogP contribution in [0, 0.1) is 13.8 Å². The Hall–Kier alpha value is -1.45. The summed E-state index contributed by atoms with van der Waals surface area (Å²) in [4.78, 5) is 1.24. The molecule has 2 aromatic carbocycles. The second-order valence-electron chi connectivity index (χ2n) is 5.19. The predicted octanol–water partition coefficient (Wildman–Crippen LogP) is 4.36. The lowest BCUT2D eigenvalue weighted by Gasteiger charge is -2.19. The summed E-state index contributed by atoms with van der Waals surface area (Å²) in [5.41, 5.74) is 4.03.